The molecule has 0 aliphatic carbocycles. The number of nitrogens with one attached hydrogen (secondary N) is 1. The number of hydrogen-bond acceptors (Lipinski definition) is 7. The maximum absolute atomic E-state index is 5.71. The van der Waals surface area contributed by atoms with Gasteiger partial charge in [0.15, 0.2) is 5.82 Å². The number of morpholine rings is 1. The van der Waals surface area contributed by atoms with Gasteiger partial charge in [0.25, 0.3) is 0 Å². The predicted molar refractivity (Wildman–Crippen MR) is 215 cm³/mol. The van der Waals surface area contributed by atoms with E-state index in [9.17, 15) is 0 Å². The Bertz CT molecular complexity index is 2660. The summed E-state index contributed by atoms with van der Waals surface area (Å²) >= 11 is 0. The van der Waals surface area contributed by atoms with Crippen molar-refractivity contribution in [3.8, 4) is 28.3 Å². The standard InChI is InChI=1S/C45H37N9O/c1-31-49-43-38(44-46-30-47-51-44)25-36(52-21-23-55-24-22-52)26-42(43)54(31)41-27-40(50-39-20-12-11-19-37(39)41)32-28-48-53(29-32)45(33-13-5-2-6-14-33,34-15-7-3-8-16-34)35-17-9-4-10-18-35/h2-20,25-30H,21-24H2,1H3,(H,46,47,51). The summed E-state index contributed by atoms with van der Waals surface area (Å²) in [6, 6.07) is 46.7. The van der Waals surface area contributed by atoms with Gasteiger partial charge in [-0.05, 0) is 47.9 Å². The van der Waals surface area contributed by atoms with Gasteiger partial charge in [0.1, 0.15) is 23.2 Å². The Morgan fingerprint density at radius 2 is 1.38 bits per heavy atom. The number of fused-ring (bicyclic) bond motifs is 2. The zero-order chi connectivity index (χ0) is 36.8. The minimum Gasteiger partial charge on any atom is -0.378 e. The summed E-state index contributed by atoms with van der Waals surface area (Å²) in [5.41, 5.74) is 9.95. The smallest absolute Gasteiger partial charge is 0.157 e. The fraction of sp³-hybridized carbons (Fsp3) is 0.133. The lowest BCUT2D eigenvalue weighted by Gasteiger charge is -2.36. The summed E-state index contributed by atoms with van der Waals surface area (Å²) in [7, 11) is 0. The molecule has 0 bridgehead atoms. The Morgan fingerprint density at radius 1 is 0.727 bits per heavy atom. The van der Waals surface area contributed by atoms with Crippen LogP contribution in [-0.4, -0.2) is 65.8 Å². The van der Waals surface area contributed by atoms with Crippen LogP contribution in [-0.2, 0) is 10.3 Å². The molecule has 0 saturated carbocycles. The Kier molecular flexibility index (Phi) is 8.03. The lowest BCUT2D eigenvalue weighted by atomic mass is 9.77. The molecule has 10 nitrogen and oxygen atoms in total. The van der Waals surface area contributed by atoms with Gasteiger partial charge in [-0.1, -0.05) is 109 Å². The van der Waals surface area contributed by atoms with Gasteiger partial charge < -0.3 is 9.64 Å². The number of ether oxygens (including phenoxy) is 1. The van der Waals surface area contributed by atoms with E-state index in [1.54, 1.807) is 0 Å². The van der Waals surface area contributed by atoms with E-state index in [4.69, 9.17) is 19.8 Å². The predicted octanol–water partition coefficient (Wildman–Crippen LogP) is 8.21. The topological polar surface area (TPSA) is 103 Å². The largest absolute Gasteiger partial charge is 0.378 e. The Labute approximate surface area is 317 Å². The first-order valence-electron chi connectivity index (χ1n) is 18.5. The Hall–Kier alpha value is -6.91. The molecule has 4 aromatic heterocycles. The molecule has 5 aromatic carbocycles. The number of para-hydroxylation sites is 1. The number of aromatic nitrogens is 8. The summed E-state index contributed by atoms with van der Waals surface area (Å²) in [5.74, 6) is 1.53. The van der Waals surface area contributed by atoms with E-state index in [1.807, 2.05) is 12.3 Å². The van der Waals surface area contributed by atoms with Gasteiger partial charge in [0.05, 0.1) is 41.8 Å². The highest BCUT2D eigenvalue weighted by Gasteiger charge is 2.39. The number of anilines is 1. The SMILES string of the molecule is Cc1nc2c(-c3ncn[nH]3)cc(N3CCOCC3)cc2n1-c1cc(-c2cnn(C(c3ccccc3)(c3ccccc3)c3ccccc3)c2)nc2ccccc12. The fourth-order valence-corrected chi connectivity index (χ4v) is 8.17. The first kappa shape index (κ1) is 32.7. The monoisotopic (exact) mass is 719 g/mol. The molecule has 9 aromatic rings. The second-order valence-electron chi connectivity index (χ2n) is 13.8. The van der Waals surface area contributed by atoms with Crippen molar-refractivity contribution in [3.63, 3.8) is 0 Å². The van der Waals surface area contributed by atoms with E-state index < -0.39 is 5.54 Å². The molecule has 5 heterocycles. The Balaban J connectivity index is 1.19. The van der Waals surface area contributed by atoms with Crippen LogP contribution in [0.25, 0.3) is 50.3 Å². The fourth-order valence-electron chi connectivity index (χ4n) is 8.17. The first-order chi connectivity index (χ1) is 27.2. The third-order valence-electron chi connectivity index (χ3n) is 10.7. The molecule has 0 unspecified atom stereocenters. The number of H-pyrrole nitrogens is 1. The van der Waals surface area contributed by atoms with E-state index in [2.05, 4.69) is 170 Å². The van der Waals surface area contributed by atoms with Gasteiger partial charge in [-0.25, -0.2) is 15.0 Å². The maximum atomic E-state index is 5.71. The van der Waals surface area contributed by atoms with Crippen molar-refractivity contribution in [2.45, 2.75) is 12.5 Å². The van der Waals surface area contributed by atoms with Crippen molar-refractivity contribution in [3.05, 3.63) is 175 Å². The molecule has 1 fully saturated rings. The van der Waals surface area contributed by atoms with Crippen LogP contribution in [0.5, 0.6) is 0 Å². The number of imidazole rings is 1. The number of pyridine rings is 1. The quantitative estimate of drug-likeness (QED) is 0.158. The second-order valence-corrected chi connectivity index (χ2v) is 13.8. The van der Waals surface area contributed by atoms with Gasteiger partial charge in [-0.3, -0.25) is 14.3 Å². The van der Waals surface area contributed by atoms with E-state index >= 15 is 0 Å². The van der Waals surface area contributed by atoms with Crippen molar-refractivity contribution >= 4 is 27.6 Å². The average molecular weight is 720 g/mol. The van der Waals surface area contributed by atoms with Crippen LogP contribution < -0.4 is 4.90 Å². The van der Waals surface area contributed by atoms with Crippen LogP contribution in [0, 0.1) is 6.92 Å². The molecule has 0 radical (unpaired) electrons. The first-order valence-corrected chi connectivity index (χ1v) is 18.5. The van der Waals surface area contributed by atoms with Crippen LogP contribution in [0.4, 0.5) is 5.69 Å². The molecule has 1 aliphatic rings. The zero-order valence-corrected chi connectivity index (χ0v) is 30.2. The highest BCUT2D eigenvalue weighted by atomic mass is 16.5. The molecule has 1 saturated heterocycles. The molecular formula is C45H37N9O. The van der Waals surface area contributed by atoms with Crippen LogP contribution in [0.1, 0.15) is 22.5 Å². The molecule has 10 rings (SSSR count). The van der Waals surface area contributed by atoms with Gasteiger partial charge in [0.2, 0.25) is 0 Å². The molecule has 1 aliphatic heterocycles. The number of nitrogens with zero attached hydrogens (tertiary/aromatic N) is 8. The van der Waals surface area contributed by atoms with Crippen molar-refractivity contribution in [2.75, 3.05) is 31.2 Å². The molecule has 55 heavy (non-hydrogen) atoms. The third-order valence-corrected chi connectivity index (χ3v) is 10.7. The van der Waals surface area contributed by atoms with Gasteiger partial charge in [-0.15, -0.1) is 0 Å². The molecule has 0 atom stereocenters. The van der Waals surface area contributed by atoms with Crippen LogP contribution in [0.3, 0.4) is 0 Å². The van der Waals surface area contributed by atoms with Gasteiger partial charge in [-0.2, -0.15) is 10.2 Å². The number of rotatable bonds is 8. The number of benzene rings is 5. The average Bonchev–Trinajstić information content (AvgIpc) is 4.04. The molecule has 0 amide bonds. The minimum absolute atomic E-state index is 0.677. The zero-order valence-electron chi connectivity index (χ0n) is 30.2. The summed E-state index contributed by atoms with van der Waals surface area (Å²) in [5, 5.41) is 13.4. The van der Waals surface area contributed by atoms with E-state index in [-0.39, 0.29) is 0 Å². The summed E-state index contributed by atoms with van der Waals surface area (Å²) in [4.78, 5) is 17.3. The van der Waals surface area contributed by atoms with Gasteiger partial charge >= 0.3 is 0 Å². The highest BCUT2D eigenvalue weighted by Crippen LogP contribution is 2.42. The summed E-state index contributed by atoms with van der Waals surface area (Å²) < 4.78 is 10.0. The van der Waals surface area contributed by atoms with Gasteiger partial charge in [0, 0.05) is 41.5 Å². The van der Waals surface area contributed by atoms with Crippen molar-refractivity contribution in [1.82, 2.24) is 39.5 Å². The van der Waals surface area contributed by atoms with Crippen LogP contribution in [0.2, 0.25) is 0 Å². The third kappa shape index (κ3) is 5.49. The summed E-state index contributed by atoms with van der Waals surface area (Å²) in [6.07, 6.45) is 5.60. The van der Waals surface area contributed by atoms with E-state index in [0.29, 0.717) is 19.0 Å². The number of aromatic amines is 1. The molecule has 1 N–H and O–H groups in total. The van der Waals surface area contributed by atoms with Crippen molar-refractivity contribution in [1.29, 1.82) is 0 Å². The van der Waals surface area contributed by atoms with E-state index in [1.165, 1.54) is 6.33 Å². The van der Waals surface area contributed by atoms with Crippen molar-refractivity contribution in [2.24, 2.45) is 0 Å². The molecule has 268 valence electrons. The molecule has 10 heteroatoms. The second kappa shape index (κ2) is 13.5. The molecular weight excluding hydrogens is 683 g/mol. The number of aryl methyl sites for hydroxylation is 1. The summed E-state index contributed by atoms with van der Waals surface area (Å²) in [6.45, 7) is 5.02. The van der Waals surface area contributed by atoms with Crippen LogP contribution in [0.15, 0.2) is 152 Å². The van der Waals surface area contributed by atoms with Crippen LogP contribution >= 0.6 is 0 Å². The normalized spacial score (nSPS) is 13.5. The van der Waals surface area contributed by atoms with E-state index in [0.717, 1.165) is 85.7 Å². The maximum Gasteiger partial charge on any atom is 0.157 e. The number of hydrogen-bond donors (Lipinski definition) is 1. The van der Waals surface area contributed by atoms with Crippen molar-refractivity contribution < 1.29 is 4.74 Å². The highest BCUT2D eigenvalue weighted by molar-refractivity contribution is 5.98. The Morgan fingerprint density at radius 3 is 2.04 bits per heavy atom. The molecule has 0 spiro atoms. The lowest BCUT2D eigenvalue weighted by molar-refractivity contribution is 0.122. The minimum atomic E-state index is -0.744. The lowest BCUT2D eigenvalue weighted by Crippen LogP contribution is -2.38.